The minimum absolute atomic E-state index is 0.00995. The normalized spacial score (nSPS) is 9.82. The average molecular weight is 236 g/mol. The Morgan fingerprint density at radius 1 is 1.41 bits per heavy atom. The number of amides is 2. The van der Waals surface area contributed by atoms with Crippen LogP contribution in [0.15, 0.2) is 18.2 Å². The molecule has 1 aromatic carbocycles. The number of likely N-dealkylation sites (N-methyl/N-ethyl adjacent to an activating group) is 2. The van der Waals surface area contributed by atoms with E-state index in [2.05, 4.69) is 5.32 Å². The summed E-state index contributed by atoms with van der Waals surface area (Å²) < 4.78 is 0. The molecule has 0 saturated carbocycles. The summed E-state index contributed by atoms with van der Waals surface area (Å²) in [5.41, 5.74) is 1.06. The summed E-state index contributed by atoms with van der Waals surface area (Å²) in [6, 6.07) is 4.69. The zero-order valence-corrected chi connectivity index (χ0v) is 10.2. The highest BCUT2D eigenvalue weighted by atomic mass is 16.3. The van der Waals surface area contributed by atoms with Gasteiger partial charge in [-0.15, -0.1) is 0 Å². The second-order valence-electron chi connectivity index (χ2n) is 3.84. The fourth-order valence-corrected chi connectivity index (χ4v) is 1.33. The molecule has 0 unspecified atom stereocenters. The van der Waals surface area contributed by atoms with Crippen LogP contribution < -0.4 is 5.32 Å². The van der Waals surface area contributed by atoms with Crippen molar-refractivity contribution in [2.24, 2.45) is 0 Å². The molecule has 17 heavy (non-hydrogen) atoms. The number of rotatable bonds is 3. The number of nitrogens with zero attached hydrogens (tertiary/aromatic N) is 1. The highest BCUT2D eigenvalue weighted by Gasteiger charge is 2.14. The molecule has 92 valence electrons. The van der Waals surface area contributed by atoms with Crippen molar-refractivity contribution in [1.82, 2.24) is 10.2 Å². The molecule has 0 bridgehead atoms. The Labute approximate surface area is 100 Å². The van der Waals surface area contributed by atoms with E-state index in [0.717, 1.165) is 0 Å². The lowest BCUT2D eigenvalue weighted by Crippen LogP contribution is -2.36. The molecular weight excluding hydrogens is 220 g/mol. The summed E-state index contributed by atoms with van der Waals surface area (Å²) in [6.07, 6.45) is 0. The maximum atomic E-state index is 11.9. The standard InChI is InChI=1S/C12H16N2O3/c1-8-4-5-9(6-10(8)15)12(17)14(3)7-11(16)13-2/h4-6,15H,7H2,1-3H3,(H,13,16). The fourth-order valence-electron chi connectivity index (χ4n) is 1.33. The zero-order valence-electron chi connectivity index (χ0n) is 10.2. The molecule has 0 aliphatic rings. The van der Waals surface area contributed by atoms with Crippen molar-refractivity contribution < 1.29 is 14.7 Å². The van der Waals surface area contributed by atoms with Gasteiger partial charge in [0.05, 0.1) is 6.54 Å². The smallest absolute Gasteiger partial charge is 0.254 e. The average Bonchev–Trinajstić information content (AvgIpc) is 2.31. The van der Waals surface area contributed by atoms with Gasteiger partial charge < -0.3 is 15.3 Å². The summed E-state index contributed by atoms with van der Waals surface area (Å²) in [5, 5.41) is 11.9. The third kappa shape index (κ3) is 3.21. The largest absolute Gasteiger partial charge is 0.508 e. The van der Waals surface area contributed by atoms with E-state index in [9.17, 15) is 14.7 Å². The topological polar surface area (TPSA) is 69.6 Å². The number of carbonyl (C=O) groups excluding carboxylic acids is 2. The monoisotopic (exact) mass is 236 g/mol. The molecule has 5 nitrogen and oxygen atoms in total. The summed E-state index contributed by atoms with van der Waals surface area (Å²) in [5.74, 6) is -0.467. The van der Waals surface area contributed by atoms with Crippen LogP contribution in [-0.4, -0.2) is 42.5 Å². The summed E-state index contributed by atoms with van der Waals surface area (Å²) in [7, 11) is 3.05. The molecule has 0 aromatic heterocycles. The van der Waals surface area contributed by atoms with Crippen molar-refractivity contribution in [1.29, 1.82) is 0 Å². The van der Waals surface area contributed by atoms with Crippen LogP contribution in [0.5, 0.6) is 5.75 Å². The summed E-state index contributed by atoms with van der Waals surface area (Å²) >= 11 is 0. The molecule has 2 N–H and O–H groups in total. The predicted molar refractivity (Wildman–Crippen MR) is 63.9 cm³/mol. The number of hydrogen-bond donors (Lipinski definition) is 2. The SMILES string of the molecule is CNC(=O)CN(C)C(=O)c1ccc(C)c(O)c1. The molecule has 0 fully saturated rings. The number of phenolic OH excluding ortho intramolecular Hbond substituents is 1. The minimum Gasteiger partial charge on any atom is -0.508 e. The Hall–Kier alpha value is -2.04. The van der Waals surface area contributed by atoms with Gasteiger partial charge in [0, 0.05) is 19.7 Å². The van der Waals surface area contributed by atoms with Gasteiger partial charge in [-0.05, 0) is 24.6 Å². The number of phenols is 1. The Morgan fingerprint density at radius 3 is 2.59 bits per heavy atom. The molecule has 2 amide bonds. The number of carbonyl (C=O) groups is 2. The Balaban J connectivity index is 2.81. The highest BCUT2D eigenvalue weighted by Crippen LogP contribution is 2.18. The molecule has 1 rings (SSSR count). The van der Waals surface area contributed by atoms with Gasteiger partial charge in [-0.2, -0.15) is 0 Å². The first-order valence-corrected chi connectivity index (χ1v) is 5.21. The first-order chi connectivity index (χ1) is 7.95. The van der Waals surface area contributed by atoms with E-state index in [1.807, 2.05) is 0 Å². The third-order valence-corrected chi connectivity index (χ3v) is 2.46. The van der Waals surface area contributed by atoms with E-state index in [-0.39, 0.29) is 24.1 Å². The van der Waals surface area contributed by atoms with Gasteiger partial charge >= 0.3 is 0 Å². The van der Waals surface area contributed by atoms with Crippen molar-refractivity contribution in [3.8, 4) is 5.75 Å². The molecule has 5 heteroatoms. The van der Waals surface area contributed by atoms with Gasteiger partial charge in [0.25, 0.3) is 5.91 Å². The third-order valence-electron chi connectivity index (χ3n) is 2.46. The van der Waals surface area contributed by atoms with Crippen LogP contribution in [0.1, 0.15) is 15.9 Å². The molecule has 0 saturated heterocycles. The van der Waals surface area contributed by atoms with Crippen LogP contribution in [-0.2, 0) is 4.79 Å². The molecule has 1 aromatic rings. The van der Waals surface area contributed by atoms with Gasteiger partial charge in [0.1, 0.15) is 5.75 Å². The molecule has 0 radical (unpaired) electrons. The maximum absolute atomic E-state index is 11.9. The second-order valence-corrected chi connectivity index (χ2v) is 3.84. The number of hydrogen-bond acceptors (Lipinski definition) is 3. The van der Waals surface area contributed by atoms with E-state index in [0.29, 0.717) is 11.1 Å². The molecular formula is C12H16N2O3. The number of nitrogens with one attached hydrogen (secondary N) is 1. The fraction of sp³-hybridized carbons (Fsp3) is 0.333. The Kier molecular flexibility index (Phi) is 4.09. The van der Waals surface area contributed by atoms with E-state index in [1.165, 1.54) is 25.1 Å². The summed E-state index contributed by atoms with van der Waals surface area (Å²) in [4.78, 5) is 24.3. The van der Waals surface area contributed by atoms with Crippen LogP contribution >= 0.6 is 0 Å². The van der Waals surface area contributed by atoms with Gasteiger partial charge in [-0.1, -0.05) is 6.07 Å². The molecule has 0 atom stereocenters. The molecule has 0 aliphatic heterocycles. The zero-order chi connectivity index (χ0) is 13.0. The first-order valence-electron chi connectivity index (χ1n) is 5.21. The predicted octanol–water partition coefficient (Wildman–Crippen LogP) is 0.519. The number of aryl methyl sites for hydroxylation is 1. The van der Waals surface area contributed by atoms with Crippen molar-refractivity contribution in [2.45, 2.75) is 6.92 Å². The van der Waals surface area contributed by atoms with Crippen LogP contribution in [0.2, 0.25) is 0 Å². The van der Waals surface area contributed by atoms with Gasteiger partial charge in [-0.25, -0.2) is 0 Å². The Morgan fingerprint density at radius 2 is 2.06 bits per heavy atom. The van der Waals surface area contributed by atoms with E-state index in [1.54, 1.807) is 19.1 Å². The van der Waals surface area contributed by atoms with Crippen molar-refractivity contribution >= 4 is 11.8 Å². The van der Waals surface area contributed by atoms with E-state index < -0.39 is 0 Å². The van der Waals surface area contributed by atoms with Crippen molar-refractivity contribution in [2.75, 3.05) is 20.6 Å². The first kappa shape index (κ1) is 13.0. The molecule has 0 aliphatic carbocycles. The van der Waals surface area contributed by atoms with Crippen LogP contribution in [0.3, 0.4) is 0 Å². The van der Waals surface area contributed by atoms with Crippen molar-refractivity contribution in [3.05, 3.63) is 29.3 Å². The number of benzene rings is 1. The van der Waals surface area contributed by atoms with Gasteiger partial charge in [0.15, 0.2) is 0 Å². The molecule has 0 spiro atoms. The van der Waals surface area contributed by atoms with Gasteiger partial charge in [0.2, 0.25) is 5.91 Å². The Bertz CT molecular complexity index is 443. The van der Waals surface area contributed by atoms with Crippen LogP contribution in [0, 0.1) is 6.92 Å². The molecule has 0 heterocycles. The van der Waals surface area contributed by atoms with E-state index in [4.69, 9.17) is 0 Å². The maximum Gasteiger partial charge on any atom is 0.254 e. The number of aromatic hydroxyl groups is 1. The van der Waals surface area contributed by atoms with Gasteiger partial charge in [-0.3, -0.25) is 9.59 Å². The lowest BCUT2D eigenvalue weighted by molar-refractivity contribution is -0.121. The quantitative estimate of drug-likeness (QED) is 0.803. The minimum atomic E-state index is -0.302. The second kappa shape index (κ2) is 5.34. The lowest BCUT2D eigenvalue weighted by Gasteiger charge is -2.16. The van der Waals surface area contributed by atoms with Crippen LogP contribution in [0.25, 0.3) is 0 Å². The van der Waals surface area contributed by atoms with E-state index >= 15 is 0 Å². The van der Waals surface area contributed by atoms with Crippen molar-refractivity contribution in [3.63, 3.8) is 0 Å². The lowest BCUT2D eigenvalue weighted by atomic mass is 10.1. The highest BCUT2D eigenvalue weighted by molar-refractivity contribution is 5.96. The summed E-state index contributed by atoms with van der Waals surface area (Å²) in [6.45, 7) is 1.74. The van der Waals surface area contributed by atoms with Crippen LogP contribution in [0.4, 0.5) is 0 Å².